The van der Waals surface area contributed by atoms with Crippen molar-refractivity contribution in [3.63, 3.8) is 0 Å². The van der Waals surface area contributed by atoms with E-state index in [0.29, 0.717) is 43.2 Å². The monoisotopic (exact) mass is 494 g/mol. The maximum absolute atomic E-state index is 13.7. The summed E-state index contributed by atoms with van der Waals surface area (Å²) in [5.74, 6) is 0.349. The van der Waals surface area contributed by atoms with Crippen molar-refractivity contribution in [2.45, 2.75) is 26.8 Å². The molecule has 182 valence electrons. The maximum Gasteiger partial charge on any atom is 0.338 e. The number of aromatic hydroxyl groups is 1. The molecule has 1 N–H and O–H groups in total. The molecule has 2 heterocycles. The smallest absolute Gasteiger partial charge is 0.338 e. The first-order valence-electron chi connectivity index (χ1n) is 11.0. The van der Waals surface area contributed by atoms with E-state index >= 15 is 0 Å². The summed E-state index contributed by atoms with van der Waals surface area (Å²) in [4.78, 5) is 31.7. The number of esters is 1. The van der Waals surface area contributed by atoms with Gasteiger partial charge in [0.15, 0.2) is 16.3 Å². The number of ether oxygens (including phenoxy) is 3. The van der Waals surface area contributed by atoms with Crippen LogP contribution in [-0.4, -0.2) is 36.5 Å². The standard InChI is InChI=1S/C26H26N2O6S/c1-6-34-25(31)21-15(3)27-26-28(22(21)16-11-10-14(2)19(12-16)33-5)24(30)20(35-26)13-17-8-7-9-18(32-4)23(17)29/h7-13,22,29H,6H2,1-5H3/t22-/m1/s1. The highest BCUT2D eigenvalue weighted by Crippen LogP contribution is 2.34. The van der Waals surface area contributed by atoms with Crippen molar-refractivity contribution in [2.24, 2.45) is 4.99 Å². The molecule has 0 saturated heterocycles. The zero-order valence-electron chi connectivity index (χ0n) is 20.1. The van der Waals surface area contributed by atoms with Crippen molar-refractivity contribution >= 4 is 23.4 Å². The number of methoxy groups -OCH3 is 2. The number of fused-ring (bicyclic) bond motifs is 1. The second-order valence-electron chi connectivity index (χ2n) is 7.93. The van der Waals surface area contributed by atoms with Gasteiger partial charge >= 0.3 is 5.97 Å². The molecular formula is C26H26N2O6S. The minimum absolute atomic E-state index is 0.0657. The van der Waals surface area contributed by atoms with Crippen LogP contribution in [-0.2, 0) is 9.53 Å². The fourth-order valence-corrected chi connectivity index (χ4v) is 5.11. The lowest BCUT2D eigenvalue weighted by atomic mass is 9.95. The number of nitrogens with zero attached hydrogens (tertiary/aromatic N) is 2. The molecule has 0 spiro atoms. The van der Waals surface area contributed by atoms with Crippen LogP contribution < -0.4 is 24.4 Å². The third kappa shape index (κ3) is 4.35. The van der Waals surface area contributed by atoms with Crippen LogP contribution in [0.3, 0.4) is 0 Å². The highest BCUT2D eigenvalue weighted by atomic mass is 32.1. The van der Waals surface area contributed by atoms with Gasteiger partial charge in [-0.15, -0.1) is 0 Å². The van der Waals surface area contributed by atoms with Gasteiger partial charge in [-0.1, -0.05) is 35.6 Å². The molecule has 1 aliphatic rings. The van der Waals surface area contributed by atoms with Crippen LogP contribution in [0.2, 0.25) is 0 Å². The number of aromatic nitrogens is 1. The Bertz CT molecular complexity index is 1520. The summed E-state index contributed by atoms with van der Waals surface area (Å²) in [5.41, 5.74) is 2.49. The molecule has 0 aliphatic carbocycles. The third-order valence-electron chi connectivity index (χ3n) is 5.80. The van der Waals surface area contributed by atoms with Gasteiger partial charge in [-0.3, -0.25) is 9.36 Å². The Kier molecular flexibility index (Phi) is 6.79. The zero-order valence-corrected chi connectivity index (χ0v) is 20.9. The van der Waals surface area contributed by atoms with Crippen molar-refractivity contribution in [3.05, 3.63) is 84.0 Å². The number of phenols is 1. The molecule has 4 rings (SSSR count). The highest BCUT2D eigenvalue weighted by molar-refractivity contribution is 7.07. The van der Waals surface area contributed by atoms with E-state index in [1.54, 1.807) is 45.2 Å². The number of phenolic OH excluding ortho intramolecular Hbond substituents is 1. The van der Waals surface area contributed by atoms with Crippen LogP contribution in [0.15, 0.2) is 57.5 Å². The average molecular weight is 495 g/mol. The normalized spacial score (nSPS) is 15.5. The van der Waals surface area contributed by atoms with Crippen LogP contribution in [0.4, 0.5) is 0 Å². The zero-order chi connectivity index (χ0) is 25.3. The lowest BCUT2D eigenvalue weighted by molar-refractivity contribution is -0.139. The molecule has 0 radical (unpaired) electrons. The molecule has 9 heteroatoms. The third-order valence-corrected chi connectivity index (χ3v) is 6.78. The summed E-state index contributed by atoms with van der Waals surface area (Å²) in [6, 6.07) is 9.87. The van der Waals surface area contributed by atoms with E-state index in [9.17, 15) is 14.7 Å². The Balaban J connectivity index is 1.98. The summed E-state index contributed by atoms with van der Waals surface area (Å²) in [6.07, 6.45) is 1.60. The molecule has 1 aliphatic heterocycles. The average Bonchev–Trinajstić information content (AvgIpc) is 3.14. The molecule has 2 aromatic carbocycles. The minimum atomic E-state index is -0.749. The SMILES string of the molecule is CCOC(=O)C1=C(C)N=c2sc(=Cc3cccc(OC)c3O)c(=O)n2[C@@H]1c1ccc(C)c(OC)c1. The van der Waals surface area contributed by atoms with E-state index in [0.717, 1.165) is 5.56 Å². The van der Waals surface area contributed by atoms with E-state index in [1.807, 2.05) is 25.1 Å². The van der Waals surface area contributed by atoms with E-state index in [1.165, 1.54) is 23.0 Å². The second-order valence-corrected chi connectivity index (χ2v) is 8.94. The summed E-state index contributed by atoms with van der Waals surface area (Å²) in [5, 5.41) is 10.5. The Labute approximate surface area is 206 Å². The minimum Gasteiger partial charge on any atom is -0.504 e. The number of carbonyl (C=O) groups is 1. The van der Waals surface area contributed by atoms with E-state index in [2.05, 4.69) is 4.99 Å². The summed E-state index contributed by atoms with van der Waals surface area (Å²) in [6.45, 7) is 5.57. The van der Waals surface area contributed by atoms with E-state index < -0.39 is 12.0 Å². The molecule has 1 atom stereocenters. The summed E-state index contributed by atoms with van der Waals surface area (Å²) >= 11 is 1.18. The fraction of sp³-hybridized carbons (Fsp3) is 0.269. The van der Waals surface area contributed by atoms with Crippen LogP contribution >= 0.6 is 11.3 Å². The molecule has 8 nitrogen and oxygen atoms in total. The number of thiazole rings is 1. The van der Waals surface area contributed by atoms with Gasteiger partial charge < -0.3 is 19.3 Å². The van der Waals surface area contributed by atoms with Crippen LogP contribution in [0.25, 0.3) is 6.08 Å². The van der Waals surface area contributed by atoms with Crippen molar-refractivity contribution in [2.75, 3.05) is 20.8 Å². The first-order chi connectivity index (χ1) is 16.8. The first-order valence-corrected chi connectivity index (χ1v) is 11.8. The molecule has 0 bridgehead atoms. The Hall–Kier alpha value is -3.85. The van der Waals surface area contributed by atoms with E-state index in [-0.39, 0.29) is 17.9 Å². The van der Waals surface area contributed by atoms with Crippen molar-refractivity contribution in [1.29, 1.82) is 0 Å². The molecule has 0 amide bonds. The van der Waals surface area contributed by atoms with Gasteiger partial charge in [0.25, 0.3) is 5.56 Å². The predicted molar refractivity (Wildman–Crippen MR) is 133 cm³/mol. The van der Waals surface area contributed by atoms with Crippen molar-refractivity contribution < 1.29 is 24.1 Å². The molecule has 3 aromatic rings. The number of para-hydroxylation sites is 1. The van der Waals surface area contributed by atoms with E-state index in [4.69, 9.17) is 14.2 Å². The molecular weight excluding hydrogens is 468 g/mol. The predicted octanol–water partition coefficient (Wildman–Crippen LogP) is 2.83. The lowest BCUT2D eigenvalue weighted by Gasteiger charge is -2.25. The number of carbonyl (C=O) groups excluding carboxylic acids is 1. The first kappa shape index (κ1) is 24.3. The van der Waals surface area contributed by atoms with Gasteiger partial charge in [0.05, 0.1) is 42.7 Å². The Morgan fingerprint density at radius 1 is 1.17 bits per heavy atom. The van der Waals surface area contributed by atoms with Crippen molar-refractivity contribution in [3.8, 4) is 17.2 Å². The topological polar surface area (TPSA) is 99.4 Å². The van der Waals surface area contributed by atoms with Crippen molar-refractivity contribution in [1.82, 2.24) is 4.57 Å². The van der Waals surface area contributed by atoms with Gasteiger partial charge in [-0.25, -0.2) is 9.79 Å². The van der Waals surface area contributed by atoms with Gasteiger partial charge in [-0.05, 0) is 50.1 Å². The van der Waals surface area contributed by atoms with Gasteiger partial charge in [0.1, 0.15) is 5.75 Å². The second kappa shape index (κ2) is 9.79. The number of hydrogen-bond donors (Lipinski definition) is 1. The lowest BCUT2D eigenvalue weighted by Crippen LogP contribution is -2.40. The number of rotatable bonds is 6. The van der Waals surface area contributed by atoms with Gasteiger partial charge in [0.2, 0.25) is 0 Å². The van der Waals surface area contributed by atoms with Gasteiger partial charge in [-0.2, -0.15) is 0 Å². The summed E-state index contributed by atoms with van der Waals surface area (Å²) in [7, 11) is 3.04. The number of hydrogen-bond acceptors (Lipinski definition) is 8. The number of aryl methyl sites for hydroxylation is 1. The fourth-order valence-electron chi connectivity index (χ4n) is 4.08. The van der Waals surface area contributed by atoms with Gasteiger partial charge in [0, 0.05) is 5.56 Å². The Morgan fingerprint density at radius 2 is 1.91 bits per heavy atom. The molecule has 0 saturated carbocycles. The number of benzene rings is 2. The Morgan fingerprint density at radius 3 is 2.60 bits per heavy atom. The van der Waals surface area contributed by atoms with Crippen LogP contribution in [0, 0.1) is 6.92 Å². The molecule has 1 aromatic heterocycles. The number of allylic oxidation sites excluding steroid dienone is 1. The highest BCUT2D eigenvalue weighted by Gasteiger charge is 2.33. The molecule has 0 fully saturated rings. The molecule has 35 heavy (non-hydrogen) atoms. The quantitative estimate of drug-likeness (QED) is 0.529. The van der Waals surface area contributed by atoms with Crippen LogP contribution in [0.1, 0.15) is 36.6 Å². The maximum atomic E-state index is 13.7. The largest absolute Gasteiger partial charge is 0.504 e. The molecule has 0 unspecified atom stereocenters. The summed E-state index contributed by atoms with van der Waals surface area (Å²) < 4.78 is 17.9. The van der Waals surface area contributed by atoms with Crippen LogP contribution in [0.5, 0.6) is 17.2 Å².